The molecular weight excluding hydrogens is 1570 g/mol. The van der Waals surface area contributed by atoms with Crippen molar-refractivity contribution >= 4 is 92.4 Å². The molecule has 10 nitrogen and oxygen atoms in total. The summed E-state index contributed by atoms with van der Waals surface area (Å²) in [6.07, 6.45) is 63.3. The molecule has 0 fully saturated rings. The van der Waals surface area contributed by atoms with Crippen LogP contribution in [0.15, 0.2) is 170 Å². The zero-order valence-electron chi connectivity index (χ0n) is 79.4. The first-order valence-corrected chi connectivity index (χ1v) is 50.6. The maximum absolute atomic E-state index is 12.2. The minimum Gasteiger partial charge on any atom is -0.478 e. The molecule has 8 bridgehead atoms. The Morgan fingerprint density at radius 1 is 0.273 bits per heavy atom. The number of hydrogen-bond acceptors (Lipinski definition) is 6. The Kier molecular flexibility index (Phi) is 41.5. The minimum absolute atomic E-state index is 0.181. The summed E-state index contributed by atoms with van der Waals surface area (Å²) >= 11 is 0. The van der Waals surface area contributed by atoms with Gasteiger partial charge in [0, 0.05) is 33.9 Å². The molecular formula is C118H152N6O4. The van der Waals surface area contributed by atoms with Crippen LogP contribution in [0.25, 0.3) is 46.4 Å². The fourth-order valence-corrected chi connectivity index (χ4v) is 19.1. The van der Waals surface area contributed by atoms with Crippen molar-refractivity contribution in [1.29, 1.82) is 0 Å². The van der Waals surface area contributed by atoms with Crippen LogP contribution in [0, 0.1) is 47.4 Å². The summed E-state index contributed by atoms with van der Waals surface area (Å²) in [7, 11) is 0. The van der Waals surface area contributed by atoms with E-state index in [9.17, 15) is 19.8 Å². The summed E-state index contributed by atoms with van der Waals surface area (Å²) in [5, 5.41) is 20.0. The second-order valence-electron chi connectivity index (χ2n) is 37.1. The second kappa shape index (κ2) is 54.2. The third-order valence-corrected chi connectivity index (χ3v) is 26.7. The Labute approximate surface area is 770 Å². The quantitative estimate of drug-likeness (QED) is 0.0218. The largest absolute Gasteiger partial charge is 0.478 e. The Morgan fingerprint density at radius 2 is 0.500 bits per heavy atom. The second-order valence-corrected chi connectivity index (χ2v) is 37.1. The molecule has 4 N–H and O–H groups in total. The van der Waals surface area contributed by atoms with E-state index in [1.807, 2.05) is 12.1 Å². The van der Waals surface area contributed by atoms with Crippen molar-refractivity contribution in [2.75, 3.05) is 9.80 Å². The van der Waals surface area contributed by atoms with Crippen molar-refractivity contribution in [2.24, 2.45) is 23.7 Å². The van der Waals surface area contributed by atoms with Crippen molar-refractivity contribution in [1.82, 2.24) is 19.9 Å². The van der Waals surface area contributed by atoms with Crippen LogP contribution in [0.1, 0.15) is 400 Å². The number of aromatic nitrogens is 4. The molecule has 0 saturated carbocycles. The van der Waals surface area contributed by atoms with Crippen LogP contribution in [0.3, 0.4) is 0 Å². The number of rotatable bonds is 56. The van der Waals surface area contributed by atoms with E-state index < -0.39 is 11.9 Å². The number of carbonyl (C=O) groups is 2. The molecule has 678 valence electrons. The average molecular weight is 1720 g/mol. The zero-order valence-corrected chi connectivity index (χ0v) is 79.4. The average Bonchev–Trinajstić information content (AvgIpc) is 1.60. The number of carboxylic acids is 2. The molecule has 2 aliphatic heterocycles. The van der Waals surface area contributed by atoms with Gasteiger partial charge in [0.15, 0.2) is 0 Å². The number of aromatic carboxylic acids is 2. The number of nitrogens with one attached hydrogen (secondary N) is 2. The number of aromatic amines is 2. The predicted octanol–water partition coefficient (Wildman–Crippen LogP) is 34.2. The molecule has 0 saturated heterocycles. The molecule has 0 unspecified atom stereocenters. The summed E-state index contributed by atoms with van der Waals surface area (Å²) in [5.74, 6) is 14.5. The lowest BCUT2D eigenvalue weighted by Gasteiger charge is -2.28. The fraction of sp³-hybridized carbons (Fsp3) is 0.475. The Morgan fingerprint density at radius 3 is 0.734 bits per heavy atom. The van der Waals surface area contributed by atoms with Crippen LogP contribution in [0.5, 0.6) is 0 Å². The fourth-order valence-electron chi connectivity index (χ4n) is 19.1. The van der Waals surface area contributed by atoms with E-state index in [0.717, 1.165) is 82.2 Å². The molecule has 3 aromatic heterocycles. The van der Waals surface area contributed by atoms with Crippen LogP contribution in [-0.4, -0.2) is 42.1 Å². The molecule has 128 heavy (non-hydrogen) atoms. The lowest BCUT2D eigenvalue weighted by atomic mass is 9.88. The van der Waals surface area contributed by atoms with Gasteiger partial charge in [-0.3, -0.25) is 0 Å². The van der Waals surface area contributed by atoms with E-state index in [2.05, 4.69) is 232 Å². The van der Waals surface area contributed by atoms with Crippen molar-refractivity contribution in [3.05, 3.63) is 248 Å². The van der Waals surface area contributed by atoms with Crippen LogP contribution in [0.2, 0.25) is 0 Å². The first-order chi connectivity index (χ1) is 62.8. The Bertz CT molecular complexity index is 4700. The topological polar surface area (TPSA) is 138 Å². The molecule has 9 aromatic rings. The molecule has 0 radical (unpaired) electrons. The highest BCUT2D eigenvalue weighted by molar-refractivity contribution is 5.99. The van der Waals surface area contributed by atoms with E-state index in [4.69, 9.17) is 9.97 Å². The normalized spacial score (nSPS) is 11.8. The summed E-state index contributed by atoms with van der Waals surface area (Å²) in [6.45, 7) is 18.5. The highest BCUT2D eigenvalue weighted by Gasteiger charge is 2.27. The highest BCUT2D eigenvalue weighted by Crippen LogP contribution is 2.46. The lowest BCUT2D eigenvalue weighted by molar-refractivity contribution is 0.0686. The zero-order chi connectivity index (χ0) is 89.9. The van der Waals surface area contributed by atoms with Crippen LogP contribution >= 0.6 is 0 Å². The maximum atomic E-state index is 12.2. The van der Waals surface area contributed by atoms with Gasteiger partial charge in [-0.05, 0) is 217 Å². The number of carboxylic acid groups (broad SMARTS) is 2. The summed E-state index contributed by atoms with van der Waals surface area (Å²) in [6, 6.07) is 60.2. The van der Waals surface area contributed by atoms with E-state index in [1.54, 1.807) is 48.5 Å². The number of fused-ring (bicyclic) bond motifs is 8. The molecule has 0 spiro atoms. The first kappa shape index (κ1) is 98.2. The Balaban J connectivity index is 1.20. The van der Waals surface area contributed by atoms with Crippen LogP contribution in [-0.2, 0) is 25.7 Å². The van der Waals surface area contributed by atoms with Gasteiger partial charge in [0.25, 0.3) is 0 Å². The van der Waals surface area contributed by atoms with Gasteiger partial charge in [0.2, 0.25) is 0 Å². The number of unbranched alkanes of at least 4 members (excludes halogenated alkanes) is 24. The van der Waals surface area contributed by atoms with Gasteiger partial charge in [0.1, 0.15) is 0 Å². The minimum atomic E-state index is -1.00. The van der Waals surface area contributed by atoms with Crippen molar-refractivity contribution in [3.63, 3.8) is 0 Å². The van der Waals surface area contributed by atoms with Crippen molar-refractivity contribution in [2.45, 2.75) is 338 Å². The number of hydrogen-bond donors (Lipinski definition) is 4. The summed E-state index contributed by atoms with van der Waals surface area (Å²) in [4.78, 5) is 49.2. The van der Waals surface area contributed by atoms with Gasteiger partial charge in [-0.15, -0.1) is 0 Å². The van der Waals surface area contributed by atoms with E-state index in [1.165, 1.54) is 279 Å². The number of H-pyrrole nitrogens is 2. The molecule has 6 aromatic carbocycles. The standard InChI is InChI=1S/C118H152N6O4/c1-9-17-25-33-41-91(42-34-26-18-10-2)85-95-53-67-101(68-54-95)123(102-69-55-96(56-70-102)86-92(43-35-27-19-11-3)44-36-28-20-12-4)115-111-81-79-109(120-111)105(75-61-89-49-63-99(64-50-89)117(125)126)107-77-78-108(119-107)106(76-62-90-51-65-100(66-52-90)118(127)128)110-80-82-112(121-110)116(114-84-83-113(115)122-114)124(103-71-57-97(58-72-103)87-93(45-37-29-21-13-5)46-38-30-22-14-6)104-73-59-98(60-74-104)88-94(47-39-31-23-15-7)48-40-32-24-16-8/h49-60,63-74,77-84,91-94,119,122H,9-48,85-88H2,1-8H3,(H,125,126)(H,127,128). The smallest absolute Gasteiger partial charge is 0.335 e. The Hall–Kier alpha value is -10.4. The van der Waals surface area contributed by atoms with Gasteiger partial charge in [-0.25, -0.2) is 19.6 Å². The van der Waals surface area contributed by atoms with Gasteiger partial charge in [-0.2, -0.15) is 0 Å². The number of anilines is 6. The van der Waals surface area contributed by atoms with Crippen LogP contribution in [0.4, 0.5) is 34.1 Å². The van der Waals surface area contributed by atoms with Crippen LogP contribution < -0.4 is 9.80 Å². The lowest BCUT2D eigenvalue weighted by Crippen LogP contribution is -2.13. The molecule has 0 atom stereocenters. The molecule has 0 amide bonds. The third kappa shape index (κ3) is 30.4. The van der Waals surface area contributed by atoms with Gasteiger partial charge in [-0.1, -0.05) is 384 Å². The molecule has 5 heterocycles. The SMILES string of the molecule is CCCCCCC(CCCCCC)Cc1ccc(N(c2ccc(CC(CCCCCC)CCCCCC)cc2)c2c3nc(c(C#Cc4ccc(C(=O)O)cc4)c4ccc([nH]4)c(C#Cc4ccc(C(=O)O)cc4)c4nc(c(N(c5ccc(CC(CCCCCC)CCCCCC)cc5)c5ccc(CC(CCCCCC)CCCCCC)cc5)c5ccc2[nH]5)C=C4)C=C3)cc1. The summed E-state index contributed by atoms with van der Waals surface area (Å²) in [5.41, 5.74) is 20.0. The molecule has 0 aliphatic carbocycles. The molecule has 2 aliphatic rings. The van der Waals surface area contributed by atoms with Crippen molar-refractivity contribution < 1.29 is 19.8 Å². The number of benzene rings is 6. The first-order valence-electron chi connectivity index (χ1n) is 50.6. The van der Waals surface area contributed by atoms with Gasteiger partial charge < -0.3 is 30.0 Å². The predicted molar refractivity (Wildman–Crippen MR) is 546 cm³/mol. The third-order valence-electron chi connectivity index (χ3n) is 26.7. The number of nitrogens with zero attached hydrogens (tertiary/aromatic N) is 4. The van der Waals surface area contributed by atoms with Crippen molar-refractivity contribution in [3.8, 4) is 23.7 Å². The van der Waals surface area contributed by atoms with E-state index >= 15 is 0 Å². The van der Waals surface area contributed by atoms with Gasteiger partial charge in [0.05, 0.1) is 78.5 Å². The molecule has 10 heteroatoms. The van der Waals surface area contributed by atoms with E-state index in [-0.39, 0.29) is 11.1 Å². The highest BCUT2D eigenvalue weighted by atomic mass is 16.4. The van der Waals surface area contributed by atoms with Gasteiger partial charge >= 0.3 is 11.9 Å². The van der Waals surface area contributed by atoms with E-state index in [0.29, 0.717) is 68.3 Å². The summed E-state index contributed by atoms with van der Waals surface area (Å²) < 4.78 is 0. The molecule has 11 rings (SSSR count). The maximum Gasteiger partial charge on any atom is 0.335 e. The monoisotopic (exact) mass is 1720 g/mol.